The molecule has 1 atom stereocenters. The lowest BCUT2D eigenvalue weighted by atomic mass is 9.96. The first kappa shape index (κ1) is 12.0. The van der Waals surface area contributed by atoms with Crippen LogP contribution in [0.2, 0.25) is 10.0 Å². The van der Waals surface area contributed by atoms with Crippen LogP contribution in [-0.4, -0.2) is 5.78 Å². The van der Waals surface area contributed by atoms with E-state index in [0.29, 0.717) is 16.5 Å². The third-order valence-corrected chi connectivity index (χ3v) is 2.72. The zero-order valence-electron chi connectivity index (χ0n) is 8.13. The van der Waals surface area contributed by atoms with Crippen molar-refractivity contribution in [2.45, 2.75) is 13.3 Å². The summed E-state index contributed by atoms with van der Waals surface area (Å²) in [7, 11) is 0. The summed E-state index contributed by atoms with van der Waals surface area (Å²) in [6.07, 6.45) is 0.455. The number of nitrogens with zero attached hydrogens (tertiary/aromatic N) is 1. The van der Waals surface area contributed by atoms with E-state index in [-0.39, 0.29) is 11.3 Å². The summed E-state index contributed by atoms with van der Waals surface area (Å²) in [4.78, 5) is 11.9. The summed E-state index contributed by atoms with van der Waals surface area (Å²) >= 11 is 11.7. The Bertz CT molecular complexity index is 403. The number of halogens is 2. The van der Waals surface area contributed by atoms with E-state index in [1.165, 1.54) is 0 Å². The van der Waals surface area contributed by atoms with Gasteiger partial charge in [-0.3, -0.25) is 4.79 Å². The highest BCUT2D eigenvalue weighted by Gasteiger charge is 2.22. The normalized spacial score (nSPS) is 11.9. The van der Waals surface area contributed by atoms with Crippen LogP contribution in [0.5, 0.6) is 0 Å². The van der Waals surface area contributed by atoms with E-state index in [1.54, 1.807) is 25.1 Å². The first-order valence-electron chi connectivity index (χ1n) is 4.49. The SMILES string of the molecule is CCC(C#N)C(=O)c1c(Cl)cccc1Cl. The zero-order chi connectivity index (χ0) is 11.4. The number of rotatable bonds is 3. The maximum atomic E-state index is 11.9. The van der Waals surface area contributed by atoms with Crippen LogP contribution >= 0.6 is 23.2 Å². The van der Waals surface area contributed by atoms with Gasteiger partial charge in [0.2, 0.25) is 0 Å². The highest BCUT2D eigenvalue weighted by molar-refractivity contribution is 6.40. The van der Waals surface area contributed by atoms with Crippen molar-refractivity contribution < 1.29 is 4.79 Å². The lowest BCUT2D eigenvalue weighted by Crippen LogP contribution is -2.13. The van der Waals surface area contributed by atoms with Crippen LogP contribution < -0.4 is 0 Å². The predicted octanol–water partition coefficient (Wildman–Crippen LogP) is 3.73. The summed E-state index contributed by atoms with van der Waals surface area (Å²) in [5.74, 6) is -0.988. The third kappa shape index (κ3) is 2.50. The Morgan fingerprint density at radius 1 is 1.47 bits per heavy atom. The highest BCUT2D eigenvalue weighted by atomic mass is 35.5. The molecule has 0 aliphatic heterocycles. The van der Waals surface area contributed by atoms with Gasteiger partial charge in [0.05, 0.1) is 21.7 Å². The summed E-state index contributed by atoms with van der Waals surface area (Å²) in [6.45, 7) is 1.77. The van der Waals surface area contributed by atoms with E-state index in [2.05, 4.69) is 0 Å². The van der Waals surface area contributed by atoms with Gasteiger partial charge in [0.25, 0.3) is 0 Å². The molecule has 0 amide bonds. The van der Waals surface area contributed by atoms with Gasteiger partial charge in [-0.15, -0.1) is 0 Å². The molecular formula is C11H9Cl2NO. The van der Waals surface area contributed by atoms with Crippen LogP contribution in [0.3, 0.4) is 0 Å². The van der Waals surface area contributed by atoms with Gasteiger partial charge in [-0.1, -0.05) is 36.2 Å². The van der Waals surface area contributed by atoms with E-state index >= 15 is 0 Å². The Labute approximate surface area is 98.4 Å². The molecule has 0 saturated heterocycles. The van der Waals surface area contributed by atoms with Gasteiger partial charge in [0.1, 0.15) is 5.92 Å². The molecule has 0 radical (unpaired) electrons. The maximum absolute atomic E-state index is 11.9. The molecular weight excluding hydrogens is 233 g/mol. The molecule has 0 heterocycles. The molecule has 0 saturated carbocycles. The largest absolute Gasteiger partial charge is 0.293 e. The van der Waals surface area contributed by atoms with E-state index in [9.17, 15) is 4.79 Å². The second-order valence-corrected chi connectivity index (χ2v) is 3.87. The van der Waals surface area contributed by atoms with Gasteiger partial charge in [0, 0.05) is 0 Å². The molecule has 78 valence electrons. The topological polar surface area (TPSA) is 40.9 Å². The minimum atomic E-state index is -0.678. The van der Waals surface area contributed by atoms with E-state index in [4.69, 9.17) is 28.5 Å². The molecule has 0 aliphatic carbocycles. The summed E-state index contributed by atoms with van der Waals surface area (Å²) in [6, 6.07) is 6.78. The van der Waals surface area contributed by atoms with Crippen molar-refractivity contribution in [2.75, 3.05) is 0 Å². The molecule has 0 fully saturated rings. The molecule has 1 aromatic carbocycles. The van der Waals surface area contributed by atoms with Crippen LogP contribution in [0.4, 0.5) is 0 Å². The average molecular weight is 242 g/mol. The van der Waals surface area contributed by atoms with Crippen LogP contribution in [0, 0.1) is 17.2 Å². The number of Topliss-reactive ketones (excluding diaryl/α,β-unsaturated/α-hetero) is 1. The van der Waals surface area contributed by atoms with Crippen LogP contribution in [0.25, 0.3) is 0 Å². The van der Waals surface area contributed by atoms with Crippen molar-refractivity contribution in [3.8, 4) is 6.07 Å². The summed E-state index contributed by atoms with van der Waals surface area (Å²) in [5.41, 5.74) is 0.245. The summed E-state index contributed by atoms with van der Waals surface area (Å²) in [5, 5.41) is 9.37. The van der Waals surface area contributed by atoms with Gasteiger partial charge in [-0.25, -0.2) is 0 Å². The molecule has 1 aromatic rings. The Morgan fingerprint density at radius 2 is 2.00 bits per heavy atom. The molecule has 0 bridgehead atoms. The minimum absolute atomic E-state index is 0.245. The van der Waals surface area contributed by atoms with E-state index < -0.39 is 5.92 Å². The molecule has 4 heteroatoms. The van der Waals surface area contributed by atoms with Gasteiger partial charge in [-0.05, 0) is 18.6 Å². The zero-order valence-corrected chi connectivity index (χ0v) is 9.64. The van der Waals surface area contributed by atoms with E-state index in [1.807, 2.05) is 6.07 Å². The number of benzene rings is 1. The lowest BCUT2D eigenvalue weighted by molar-refractivity contribution is 0.0947. The van der Waals surface area contributed by atoms with E-state index in [0.717, 1.165) is 0 Å². The van der Waals surface area contributed by atoms with Crippen LogP contribution in [0.1, 0.15) is 23.7 Å². The van der Waals surface area contributed by atoms with Gasteiger partial charge in [-0.2, -0.15) is 5.26 Å². The number of ketones is 1. The first-order valence-corrected chi connectivity index (χ1v) is 5.25. The molecule has 1 unspecified atom stereocenters. The molecule has 0 aromatic heterocycles. The fourth-order valence-electron chi connectivity index (χ4n) is 1.24. The molecule has 2 nitrogen and oxygen atoms in total. The molecule has 0 aliphatic rings. The number of carbonyl (C=O) groups excluding carboxylic acids is 1. The monoisotopic (exact) mass is 241 g/mol. The van der Waals surface area contributed by atoms with Gasteiger partial charge >= 0.3 is 0 Å². The number of carbonyl (C=O) groups is 1. The second kappa shape index (κ2) is 5.16. The molecule has 15 heavy (non-hydrogen) atoms. The van der Waals surface area contributed by atoms with Crippen molar-refractivity contribution in [1.82, 2.24) is 0 Å². The van der Waals surface area contributed by atoms with Crippen molar-refractivity contribution >= 4 is 29.0 Å². The van der Waals surface area contributed by atoms with Crippen molar-refractivity contribution in [2.24, 2.45) is 5.92 Å². The Hall–Kier alpha value is -1.04. The number of hydrogen-bond donors (Lipinski definition) is 0. The highest BCUT2D eigenvalue weighted by Crippen LogP contribution is 2.27. The Morgan fingerprint density at radius 3 is 2.40 bits per heavy atom. The average Bonchev–Trinajstić information content (AvgIpc) is 2.19. The minimum Gasteiger partial charge on any atom is -0.293 e. The second-order valence-electron chi connectivity index (χ2n) is 3.05. The van der Waals surface area contributed by atoms with Crippen molar-refractivity contribution in [1.29, 1.82) is 5.26 Å². The molecule has 1 rings (SSSR count). The fraction of sp³-hybridized carbons (Fsp3) is 0.273. The quantitative estimate of drug-likeness (QED) is 0.757. The molecule has 0 spiro atoms. The lowest BCUT2D eigenvalue weighted by Gasteiger charge is -2.08. The van der Waals surface area contributed by atoms with Gasteiger partial charge < -0.3 is 0 Å². The Balaban J connectivity index is 3.17. The van der Waals surface area contributed by atoms with Crippen LogP contribution in [-0.2, 0) is 0 Å². The van der Waals surface area contributed by atoms with Crippen molar-refractivity contribution in [3.63, 3.8) is 0 Å². The Kier molecular flexibility index (Phi) is 4.14. The van der Waals surface area contributed by atoms with Gasteiger partial charge in [0.15, 0.2) is 5.78 Å². The third-order valence-electron chi connectivity index (χ3n) is 2.09. The molecule has 0 N–H and O–H groups in total. The van der Waals surface area contributed by atoms with Crippen molar-refractivity contribution in [3.05, 3.63) is 33.8 Å². The number of hydrogen-bond acceptors (Lipinski definition) is 2. The first-order chi connectivity index (χ1) is 7.11. The predicted molar refractivity (Wildman–Crippen MR) is 60.2 cm³/mol. The van der Waals surface area contributed by atoms with Crippen LogP contribution in [0.15, 0.2) is 18.2 Å². The number of nitriles is 1. The standard InChI is InChI=1S/C11H9Cl2NO/c1-2-7(6-14)11(15)10-8(12)4-3-5-9(10)13/h3-5,7H,2H2,1H3. The maximum Gasteiger partial charge on any atom is 0.182 e. The summed E-state index contributed by atoms with van der Waals surface area (Å²) < 4.78 is 0. The fourth-order valence-corrected chi connectivity index (χ4v) is 1.83. The smallest absolute Gasteiger partial charge is 0.182 e.